The van der Waals surface area contributed by atoms with Gasteiger partial charge in [-0.05, 0) is 49.9 Å². The second-order valence-corrected chi connectivity index (χ2v) is 8.56. The van der Waals surface area contributed by atoms with Crippen molar-refractivity contribution < 1.29 is 9.59 Å². The molecule has 5 heteroatoms. The highest BCUT2D eigenvalue weighted by atomic mass is 32.1. The number of hydrogen-bond donors (Lipinski definition) is 0. The number of benzene rings is 2. The molecular formula is C24H24N2O2S. The number of rotatable bonds is 4. The van der Waals surface area contributed by atoms with Crippen molar-refractivity contribution in [1.82, 2.24) is 9.88 Å². The molecule has 4 rings (SSSR count). The zero-order valence-corrected chi connectivity index (χ0v) is 17.5. The lowest BCUT2D eigenvalue weighted by atomic mass is 9.94. The molecule has 29 heavy (non-hydrogen) atoms. The molecule has 0 bridgehead atoms. The average molecular weight is 405 g/mol. The first kappa shape index (κ1) is 19.5. The summed E-state index contributed by atoms with van der Waals surface area (Å²) in [5.41, 5.74) is 3.79. The van der Waals surface area contributed by atoms with Crippen molar-refractivity contribution in [3.63, 3.8) is 0 Å². The predicted molar refractivity (Wildman–Crippen MR) is 116 cm³/mol. The summed E-state index contributed by atoms with van der Waals surface area (Å²) in [6.45, 7) is 5.39. The molecule has 2 heterocycles. The molecule has 0 radical (unpaired) electrons. The zero-order chi connectivity index (χ0) is 20.4. The fourth-order valence-electron chi connectivity index (χ4n) is 3.88. The molecule has 2 aromatic carbocycles. The quantitative estimate of drug-likeness (QED) is 0.574. The molecule has 0 aliphatic carbocycles. The summed E-state index contributed by atoms with van der Waals surface area (Å²) in [5.74, 6) is 0.0971. The van der Waals surface area contributed by atoms with E-state index in [0.29, 0.717) is 29.8 Å². The van der Waals surface area contributed by atoms with E-state index in [4.69, 9.17) is 0 Å². The molecular weight excluding hydrogens is 380 g/mol. The van der Waals surface area contributed by atoms with Crippen LogP contribution in [0.2, 0.25) is 0 Å². The molecule has 1 fully saturated rings. The van der Waals surface area contributed by atoms with Gasteiger partial charge in [0.05, 0.1) is 10.6 Å². The Bertz CT molecular complexity index is 1040. The number of amides is 1. The van der Waals surface area contributed by atoms with Gasteiger partial charge in [0, 0.05) is 41.7 Å². The lowest BCUT2D eigenvalue weighted by Crippen LogP contribution is -2.39. The van der Waals surface area contributed by atoms with Crippen molar-refractivity contribution in [2.24, 2.45) is 0 Å². The van der Waals surface area contributed by atoms with Gasteiger partial charge in [0.2, 0.25) is 0 Å². The second kappa shape index (κ2) is 8.29. The van der Waals surface area contributed by atoms with Crippen LogP contribution in [0, 0.1) is 13.8 Å². The van der Waals surface area contributed by atoms with Crippen molar-refractivity contribution in [2.75, 3.05) is 13.1 Å². The van der Waals surface area contributed by atoms with Crippen LogP contribution in [0.1, 0.15) is 61.2 Å². The topological polar surface area (TPSA) is 50.3 Å². The lowest BCUT2D eigenvalue weighted by Gasteiger charge is -2.32. The minimum absolute atomic E-state index is 0.0703. The van der Waals surface area contributed by atoms with Gasteiger partial charge in [0.25, 0.3) is 5.91 Å². The summed E-state index contributed by atoms with van der Waals surface area (Å²) in [6.07, 6.45) is 3.81. The maximum atomic E-state index is 13.3. The number of carbonyl (C=O) groups is 2. The van der Waals surface area contributed by atoms with Gasteiger partial charge in [-0.2, -0.15) is 0 Å². The van der Waals surface area contributed by atoms with E-state index >= 15 is 0 Å². The Morgan fingerprint density at radius 2 is 1.86 bits per heavy atom. The van der Waals surface area contributed by atoms with Crippen molar-refractivity contribution in [2.45, 2.75) is 32.6 Å². The summed E-state index contributed by atoms with van der Waals surface area (Å²) < 4.78 is 0. The molecule has 1 saturated heterocycles. The van der Waals surface area contributed by atoms with Crippen LogP contribution >= 0.6 is 11.3 Å². The number of hydrogen-bond acceptors (Lipinski definition) is 4. The average Bonchev–Trinajstić information content (AvgIpc) is 3.30. The number of aromatic nitrogens is 1. The largest absolute Gasteiger partial charge is 0.338 e. The van der Waals surface area contributed by atoms with E-state index in [1.807, 2.05) is 60.7 Å². The third kappa shape index (κ3) is 4.01. The van der Waals surface area contributed by atoms with Gasteiger partial charge in [0.1, 0.15) is 0 Å². The number of likely N-dealkylation sites (tertiary alicyclic amines) is 1. The maximum Gasteiger partial charge on any atom is 0.254 e. The third-order valence-electron chi connectivity index (χ3n) is 5.68. The highest BCUT2D eigenvalue weighted by Gasteiger charge is 2.29. The van der Waals surface area contributed by atoms with E-state index in [9.17, 15) is 9.59 Å². The van der Waals surface area contributed by atoms with Crippen LogP contribution in [0.25, 0.3) is 0 Å². The number of carbonyl (C=O) groups excluding carboxylic acids is 2. The van der Waals surface area contributed by atoms with Crippen LogP contribution in [0.15, 0.2) is 54.0 Å². The summed E-state index contributed by atoms with van der Waals surface area (Å²) >= 11 is 1.64. The number of piperidine rings is 1. The molecule has 1 aliphatic rings. The zero-order valence-electron chi connectivity index (χ0n) is 16.7. The molecule has 4 nitrogen and oxygen atoms in total. The van der Waals surface area contributed by atoms with Crippen LogP contribution in [0.3, 0.4) is 0 Å². The van der Waals surface area contributed by atoms with E-state index in [2.05, 4.69) is 4.98 Å². The first-order valence-electron chi connectivity index (χ1n) is 9.94. The SMILES string of the molecule is Cc1ccc(C(=O)c2ccccc2C(=O)N2CCCC(c3nccs3)C2)cc1C. The van der Waals surface area contributed by atoms with Gasteiger partial charge in [-0.3, -0.25) is 9.59 Å². The van der Waals surface area contributed by atoms with Crippen LogP contribution in [-0.4, -0.2) is 34.7 Å². The molecule has 3 aromatic rings. The van der Waals surface area contributed by atoms with Gasteiger partial charge < -0.3 is 4.90 Å². The number of nitrogens with zero attached hydrogens (tertiary/aromatic N) is 2. The predicted octanol–water partition coefficient (Wildman–Crippen LogP) is 5.01. The molecule has 1 aliphatic heterocycles. The van der Waals surface area contributed by atoms with Crippen molar-refractivity contribution in [3.8, 4) is 0 Å². The van der Waals surface area contributed by atoms with Gasteiger partial charge >= 0.3 is 0 Å². The number of thiazole rings is 1. The summed E-state index contributed by atoms with van der Waals surface area (Å²) in [7, 11) is 0. The minimum Gasteiger partial charge on any atom is -0.338 e. The molecule has 148 valence electrons. The summed E-state index contributed by atoms with van der Waals surface area (Å²) in [6, 6.07) is 12.9. The van der Waals surface area contributed by atoms with Gasteiger partial charge in [-0.15, -0.1) is 11.3 Å². The Morgan fingerprint density at radius 3 is 2.59 bits per heavy atom. The van der Waals surface area contributed by atoms with Crippen molar-refractivity contribution in [1.29, 1.82) is 0 Å². The maximum absolute atomic E-state index is 13.3. The molecule has 1 aromatic heterocycles. The fraction of sp³-hybridized carbons (Fsp3) is 0.292. The summed E-state index contributed by atoms with van der Waals surface area (Å²) in [4.78, 5) is 32.8. The molecule has 1 unspecified atom stereocenters. The Morgan fingerprint density at radius 1 is 1.07 bits per heavy atom. The molecule has 1 amide bonds. The van der Waals surface area contributed by atoms with Gasteiger partial charge in [-0.1, -0.05) is 30.3 Å². The fourth-order valence-corrected chi connectivity index (χ4v) is 4.64. The van der Waals surface area contributed by atoms with Crippen LogP contribution in [0.5, 0.6) is 0 Å². The normalized spacial score (nSPS) is 16.6. The standard InChI is InChI=1S/C24H24N2O2S/c1-16-9-10-18(14-17(16)2)22(27)20-7-3-4-8-21(20)24(28)26-12-5-6-19(15-26)23-25-11-13-29-23/h3-4,7-11,13-14,19H,5-6,12,15H2,1-2H3. The molecule has 1 atom stereocenters. The van der Waals surface area contributed by atoms with Crippen LogP contribution in [0.4, 0.5) is 0 Å². The first-order chi connectivity index (χ1) is 14.0. The Hall–Kier alpha value is -2.79. The summed E-state index contributed by atoms with van der Waals surface area (Å²) in [5, 5.41) is 3.06. The number of ketones is 1. The van der Waals surface area contributed by atoms with Gasteiger partial charge in [-0.25, -0.2) is 4.98 Å². The Labute approximate surface area is 175 Å². The van der Waals surface area contributed by atoms with E-state index < -0.39 is 0 Å². The van der Waals surface area contributed by atoms with E-state index in [0.717, 1.165) is 29.0 Å². The molecule has 0 spiro atoms. The lowest BCUT2D eigenvalue weighted by molar-refractivity contribution is 0.0703. The molecule has 0 N–H and O–H groups in total. The van der Waals surface area contributed by atoms with E-state index in [1.54, 1.807) is 23.5 Å². The smallest absolute Gasteiger partial charge is 0.254 e. The number of aryl methyl sites for hydroxylation is 2. The van der Waals surface area contributed by atoms with Crippen molar-refractivity contribution >= 4 is 23.0 Å². The van der Waals surface area contributed by atoms with E-state index in [-0.39, 0.29) is 17.6 Å². The van der Waals surface area contributed by atoms with Crippen LogP contribution in [-0.2, 0) is 0 Å². The molecule has 0 saturated carbocycles. The van der Waals surface area contributed by atoms with Crippen molar-refractivity contribution in [3.05, 3.63) is 86.9 Å². The third-order valence-corrected chi connectivity index (χ3v) is 6.62. The highest BCUT2D eigenvalue weighted by Crippen LogP contribution is 2.29. The monoisotopic (exact) mass is 404 g/mol. The first-order valence-corrected chi connectivity index (χ1v) is 10.8. The Balaban J connectivity index is 1.61. The Kier molecular flexibility index (Phi) is 5.58. The highest BCUT2D eigenvalue weighted by molar-refractivity contribution is 7.09. The minimum atomic E-state index is -0.106. The van der Waals surface area contributed by atoms with Crippen LogP contribution < -0.4 is 0 Å². The van der Waals surface area contributed by atoms with Gasteiger partial charge in [0.15, 0.2) is 5.78 Å². The van der Waals surface area contributed by atoms with E-state index in [1.165, 1.54) is 0 Å². The second-order valence-electron chi connectivity index (χ2n) is 7.63.